The number of aliphatic hydroxyl groups is 1. The van der Waals surface area contributed by atoms with Crippen LogP contribution in [0, 0.1) is 0 Å². The van der Waals surface area contributed by atoms with Crippen molar-refractivity contribution in [3.8, 4) is 11.5 Å². The lowest BCUT2D eigenvalue weighted by molar-refractivity contribution is -0.120. The lowest BCUT2D eigenvalue weighted by Crippen LogP contribution is -2.47. The molecule has 1 aliphatic heterocycles. The highest BCUT2D eigenvalue weighted by atomic mass is 16.5. The van der Waals surface area contributed by atoms with Gasteiger partial charge in [0.15, 0.2) is 0 Å². The summed E-state index contributed by atoms with van der Waals surface area (Å²) >= 11 is 0. The zero-order chi connectivity index (χ0) is 29.9. The first-order valence-electron chi connectivity index (χ1n) is 17.1. The van der Waals surface area contributed by atoms with Gasteiger partial charge in [0.1, 0.15) is 17.1 Å². The van der Waals surface area contributed by atoms with Gasteiger partial charge in [-0.15, -0.1) is 0 Å². The van der Waals surface area contributed by atoms with Crippen molar-refractivity contribution in [2.24, 2.45) is 0 Å². The van der Waals surface area contributed by atoms with Crippen molar-refractivity contribution in [3.63, 3.8) is 0 Å². The molecule has 5 heteroatoms. The molecule has 234 valence electrons. The Morgan fingerprint density at radius 3 is 1.38 bits per heavy atom. The van der Waals surface area contributed by atoms with Crippen molar-refractivity contribution >= 4 is 5.91 Å². The van der Waals surface area contributed by atoms with Gasteiger partial charge >= 0.3 is 0 Å². The van der Waals surface area contributed by atoms with Crippen LogP contribution in [0.2, 0.25) is 0 Å². The summed E-state index contributed by atoms with van der Waals surface area (Å²) in [5.74, 6) is 1.60. The van der Waals surface area contributed by atoms with Crippen molar-refractivity contribution in [1.29, 1.82) is 0 Å². The molecule has 1 amide bonds. The van der Waals surface area contributed by atoms with Crippen LogP contribution in [0.1, 0.15) is 141 Å². The average molecular weight is 580 g/mol. The van der Waals surface area contributed by atoms with Crippen molar-refractivity contribution in [1.82, 2.24) is 5.32 Å². The summed E-state index contributed by atoms with van der Waals surface area (Å²) in [6.45, 7) is 5.92. The van der Waals surface area contributed by atoms with E-state index < -0.39 is 11.6 Å². The van der Waals surface area contributed by atoms with E-state index in [-0.39, 0.29) is 5.91 Å². The highest BCUT2D eigenvalue weighted by Crippen LogP contribution is 2.38. The first kappa shape index (κ1) is 34.0. The maximum absolute atomic E-state index is 12.2. The van der Waals surface area contributed by atoms with Gasteiger partial charge in [-0.2, -0.15) is 0 Å². The van der Waals surface area contributed by atoms with E-state index in [1.165, 1.54) is 89.9 Å². The lowest BCUT2D eigenvalue weighted by atomic mass is 9.79. The number of hydrogen-bond acceptors (Lipinski definition) is 4. The molecule has 1 aliphatic rings. The normalized spacial score (nSPS) is 15.1. The SMILES string of the molecule is CCCCCCCCCCOc1ccc(C(O)(c2ccc(OCCCCCCCCCC)cc2)[C@H]2CCC(=O)N2)cc1. The lowest BCUT2D eigenvalue weighted by Gasteiger charge is -2.35. The van der Waals surface area contributed by atoms with E-state index in [2.05, 4.69) is 19.2 Å². The van der Waals surface area contributed by atoms with Crippen LogP contribution in [0.5, 0.6) is 11.5 Å². The number of nitrogens with one attached hydrogen (secondary N) is 1. The fourth-order valence-electron chi connectivity index (χ4n) is 5.96. The number of ether oxygens (including phenoxy) is 2. The summed E-state index contributed by atoms with van der Waals surface area (Å²) in [4.78, 5) is 12.1. The third-order valence-electron chi connectivity index (χ3n) is 8.62. The molecule has 0 aromatic heterocycles. The second-order valence-electron chi connectivity index (χ2n) is 12.1. The van der Waals surface area contributed by atoms with Gasteiger partial charge in [0.25, 0.3) is 0 Å². The molecule has 0 radical (unpaired) electrons. The Morgan fingerprint density at radius 1 is 0.643 bits per heavy atom. The van der Waals surface area contributed by atoms with Crippen LogP contribution < -0.4 is 14.8 Å². The summed E-state index contributed by atoms with van der Waals surface area (Å²) in [6, 6.07) is 15.1. The third kappa shape index (κ3) is 11.3. The van der Waals surface area contributed by atoms with Gasteiger partial charge in [-0.25, -0.2) is 0 Å². The van der Waals surface area contributed by atoms with Crippen LogP contribution in [-0.2, 0) is 10.4 Å². The topological polar surface area (TPSA) is 67.8 Å². The monoisotopic (exact) mass is 579 g/mol. The molecule has 3 rings (SSSR count). The fraction of sp³-hybridized carbons (Fsp3) is 0.649. The van der Waals surface area contributed by atoms with Gasteiger partial charge in [-0.1, -0.05) is 128 Å². The summed E-state index contributed by atoms with van der Waals surface area (Å²) in [5.41, 5.74) is 0.169. The Kier molecular flexibility index (Phi) is 15.9. The molecule has 2 aromatic carbocycles. The summed E-state index contributed by atoms with van der Waals surface area (Å²) in [5, 5.41) is 15.2. The molecule has 0 spiro atoms. The molecule has 1 atom stereocenters. The fourth-order valence-corrected chi connectivity index (χ4v) is 5.96. The standard InChI is InChI=1S/C37H57NO4/c1-3-5-7-9-11-13-15-17-29-41-33-23-19-31(20-24-33)37(40,35-27-28-36(39)38-35)32-21-25-34(26-22-32)42-30-18-16-14-12-10-8-6-4-2/h19-26,35,40H,3-18,27-30H2,1-2H3,(H,38,39)/t35-/m1/s1. The summed E-state index contributed by atoms with van der Waals surface area (Å²) in [6.07, 6.45) is 21.4. The molecule has 1 saturated heterocycles. The molecule has 5 nitrogen and oxygen atoms in total. The molecule has 0 bridgehead atoms. The maximum atomic E-state index is 12.2. The van der Waals surface area contributed by atoms with E-state index in [9.17, 15) is 9.90 Å². The zero-order valence-corrected chi connectivity index (χ0v) is 26.5. The van der Waals surface area contributed by atoms with E-state index in [4.69, 9.17) is 9.47 Å². The molecule has 0 unspecified atom stereocenters. The minimum absolute atomic E-state index is 0.0194. The smallest absolute Gasteiger partial charge is 0.220 e. The van der Waals surface area contributed by atoms with Gasteiger partial charge in [-0.3, -0.25) is 4.79 Å². The molecule has 1 heterocycles. The quantitative estimate of drug-likeness (QED) is 0.129. The number of carbonyl (C=O) groups is 1. The average Bonchev–Trinajstić information content (AvgIpc) is 3.46. The molecular formula is C37H57NO4. The number of benzene rings is 2. The molecule has 2 aromatic rings. The highest BCUT2D eigenvalue weighted by Gasteiger charge is 2.43. The Morgan fingerprint density at radius 2 is 1.02 bits per heavy atom. The van der Waals surface area contributed by atoms with Crippen LogP contribution in [0.15, 0.2) is 48.5 Å². The van der Waals surface area contributed by atoms with E-state index >= 15 is 0 Å². The molecule has 1 fully saturated rings. The van der Waals surface area contributed by atoms with E-state index in [1.807, 2.05) is 48.5 Å². The van der Waals surface area contributed by atoms with Gasteiger partial charge in [0.2, 0.25) is 5.91 Å². The predicted molar refractivity (Wildman–Crippen MR) is 173 cm³/mol. The molecular weight excluding hydrogens is 522 g/mol. The Hall–Kier alpha value is -2.53. The van der Waals surface area contributed by atoms with Crippen LogP contribution in [0.3, 0.4) is 0 Å². The van der Waals surface area contributed by atoms with Crippen LogP contribution in [-0.4, -0.2) is 30.3 Å². The van der Waals surface area contributed by atoms with Crippen LogP contribution in [0.25, 0.3) is 0 Å². The maximum Gasteiger partial charge on any atom is 0.220 e. The number of unbranched alkanes of at least 4 members (excludes halogenated alkanes) is 14. The van der Waals surface area contributed by atoms with E-state index in [0.29, 0.717) is 26.1 Å². The van der Waals surface area contributed by atoms with Gasteiger partial charge in [0.05, 0.1) is 19.3 Å². The second kappa shape index (κ2) is 19.6. The minimum Gasteiger partial charge on any atom is -0.494 e. The first-order chi connectivity index (χ1) is 20.6. The van der Waals surface area contributed by atoms with Crippen molar-refractivity contribution < 1.29 is 19.4 Å². The van der Waals surface area contributed by atoms with Gasteiger partial charge < -0.3 is 19.9 Å². The molecule has 0 saturated carbocycles. The number of rotatable bonds is 23. The minimum atomic E-state index is -1.33. The Bertz CT molecular complexity index is 922. The number of amides is 1. The van der Waals surface area contributed by atoms with Gasteiger partial charge in [0, 0.05) is 6.42 Å². The molecule has 2 N–H and O–H groups in total. The zero-order valence-electron chi connectivity index (χ0n) is 26.5. The van der Waals surface area contributed by atoms with E-state index in [0.717, 1.165) is 35.5 Å². The summed E-state index contributed by atoms with van der Waals surface area (Å²) in [7, 11) is 0. The summed E-state index contributed by atoms with van der Waals surface area (Å²) < 4.78 is 12.0. The highest BCUT2D eigenvalue weighted by molar-refractivity contribution is 5.79. The second-order valence-corrected chi connectivity index (χ2v) is 12.1. The van der Waals surface area contributed by atoms with Crippen molar-refractivity contribution in [2.45, 2.75) is 141 Å². The van der Waals surface area contributed by atoms with Gasteiger partial charge in [-0.05, 0) is 54.7 Å². The molecule has 42 heavy (non-hydrogen) atoms. The number of carbonyl (C=O) groups excluding carboxylic acids is 1. The third-order valence-corrected chi connectivity index (χ3v) is 8.62. The van der Waals surface area contributed by atoms with Crippen LogP contribution >= 0.6 is 0 Å². The van der Waals surface area contributed by atoms with E-state index in [1.54, 1.807) is 0 Å². The molecule has 0 aliphatic carbocycles. The predicted octanol–water partition coefficient (Wildman–Crippen LogP) is 9.24. The Balaban J connectivity index is 1.51. The van der Waals surface area contributed by atoms with Crippen molar-refractivity contribution in [2.75, 3.05) is 13.2 Å². The van der Waals surface area contributed by atoms with Crippen LogP contribution in [0.4, 0.5) is 0 Å². The largest absolute Gasteiger partial charge is 0.494 e. The Labute approximate surface area is 255 Å². The van der Waals surface area contributed by atoms with Crippen molar-refractivity contribution in [3.05, 3.63) is 59.7 Å². The number of hydrogen-bond donors (Lipinski definition) is 2. The first-order valence-corrected chi connectivity index (χ1v) is 17.1.